The Kier molecular flexibility index (Phi) is 3.44. The van der Waals surface area contributed by atoms with Crippen LogP contribution >= 0.6 is 0 Å². The Labute approximate surface area is 66.8 Å². The average molecular weight is 160 g/mol. The van der Waals surface area contributed by atoms with Crippen LogP contribution in [0.5, 0.6) is 0 Å². The van der Waals surface area contributed by atoms with E-state index in [1.165, 1.54) is 5.56 Å². The number of hydrogen-bond donors (Lipinski definition) is 0. The molecule has 0 bridgehead atoms. The van der Waals surface area contributed by atoms with Crippen LogP contribution in [0.3, 0.4) is 0 Å². The smallest absolute Gasteiger partial charge is 0 e. The van der Waals surface area contributed by atoms with Crippen LogP contribution in [0.1, 0.15) is 11.1 Å². The molecule has 1 aromatic rings. The summed E-state index contributed by atoms with van der Waals surface area (Å²) in [4.78, 5) is 0. The molecule has 0 aliphatic carbocycles. The predicted molar refractivity (Wildman–Crippen MR) is 35.6 cm³/mol. The Morgan fingerprint density at radius 1 is 1.22 bits per heavy atom. The zero-order valence-corrected chi connectivity index (χ0v) is 6.57. The van der Waals surface area contributed by atoms with Gasteiger partial charge in [0.15, 0.2) is 0 Å². The molecule has 0 saturated carbocycles. The van der Waals surface area contributed by atoms with Crippen molar-refractivity contribution < 1.29 is 17.1 Å². The van der Waals surface area contributed by atoms with Crippen molar-refractivity contribution in [1.82, 2.24) is 0 Å². The summed E-state index contributed by atoms with van der Waals surface area (Å²) in [6.45, 7) is 5.88. The van der Waals surface area contributed by atoms with Gasteiger partial charge in [0.25, 0.3) is 0 Å². The molecule has 0 heterocycles. The van der Waals surface area contributed by atoms with Gasteiger partial charge in [-0.1, -0.05) is 13.0 Å². The Bertz CT molecular complexity index is 161. The molecule has 0 unspecified atom stereocenters. The molecule has 0 aliphatic rings. The summed E-state index contributed by atoms with van der Waals surface area (Å²) in [5.41, 5.74) is 2.38. The maximum Gasteiger partial charge on any atom is 0 e. The second-order valence-corrected chi connectivity index (χ2v) is 1.93. The maximum atomic E-state index is 3.82. The molecule has 1 aromatic carbocycles. The Morgan fingerprint density at radius 3 is 2.11 bits per heavy atom. The summed E-state index contributed by atoms with van der Waals surface area (Å²) >= 11 is 0. The van der Waals surface area contributed by atoms with E-state index in [-0.39, 0.29) is 17.1 Å². The van der Waals surface area contributed by atoms with Gasteiger partial charge in [-0.25, -0.2) is 0 Å². The van der Waals surface area contributed by atoms with E-state index >= 15 is 0 Å². The van der Waals surface area contributed by atoms with E-state index in [0.717, 1.165) is 5.56 Å². The van der Waals surface area contributed by atoms with E-state index in [9.17, 15) is 0 Å². The number of benzene rings is 1. The van der Waals surface area contributed by atoms with Gasteiger partial charge in [-0.15, -0.1) is 12.1 Å². The quantitative estimate of drug-likeness (QED) is 0.403. The van der Waals surface area contributed by atoms with E-state index in [2.05, 4.69) is 19.9 Å². The standard InChI is InChI=1S/C8H9.Mn/c1-7-5-3-4-6-8(7)2;/h3-6H,1H2,2H3;/q-1;. The fourth-order valence-electron chi connectivity index (χ4n) is 0.610. The molecule has 1 heteroatoms. The van der Waals surface area contributed by atoms with Crippen molar-refractivity contribution in [3.63, 3.8) is 0 Å². The third-order valence-electron chi connectivity index (χ3n) is 1.26. The van der Waals surface area contributed by atoms with Crippen molar-refractivity contribution in [1.29, 1.82) is 0 Å². The molecule has 0 aliphatic heterocycles. The Hall–Kier alpha value is -0.391. The summed E-state index contributed by atoms with van der Waals surface area (Å²) in [5.74, 6) is 0. The predicted octanol–water partition coefficient (Wildman–Crippen LogP) is 2.17. The molecule has 0 spiro atoms. The molecule has 0 atom stereocenters. The van der Waals surface area contributed by atoms with Crippen LogP contribution in [0.15, 0.2) is 24.3 Å². The van der Waals surface area contributed by atoms with Crippen molar-refractivity contribution in [2.45, 2.75) is 6.92 Å². The van der Waals surface area contributed by atoms with Crippen molar-refractivity contribution in [2.24, 2.45) is 0 Å². The molecule has 0 amide bonds. The minimum absolute atomic E-state index is 0. The van der Waals surface area contributed by atoms with Crippen LogP contribution in [0.2, 0.25) is 0 Å². The SMILES string of the molecule is [CH2-]c1ccccc1C.[Mn]. The van der Waals surface area contributed by atoms with E-state index in [1.54, 1.807) is 0 Å². The summed E-state index contributed by atoms with van der Waals surface area (Å²) in [6, 6.07) is 8.08. The first-order chi connectivity index (χ1) is 3.80. The normalized spacial score (nSPS) is 8.11. The van der Waals surface area contributed by atoms with E-state index in [4.69, 9.17) is 0 Å². The third kappa shape index (κ3) is 2.13. The molecule has 0 N–H and O–H groups in total. The molecule has 1 rings (SSSR count). The summed E-state index contributed by atoms with van der Waals surface area (Å²) in [5, 5.41) is 0. The molecule has 1 radical (unpaired) electrons. The van der Waals surface area contributed by atoms with Gasteiger partial charge in [-0.2, -0.15) is 24.1 Å². The molecule has 0 saturated heterocycles. The van der Waals surface area contributed by atoms with Gasteiger partial charge in [-0.3, -0.25) is 0 Å². The Morgan fingerprint density at radius 2 is 1.78 bits per heavy atom. The van der Waals surface area contributed by atoms with Crippen LogP contribution < -0.4 is 0 Å². The van der Waals surface area contributed by atoms with E-state index in [1.807, 2.05) is 18.2 Å². The van der Waals surface area contributed by atoms with Gasteiger partial charge in [0.1, 0.15) is 0 Å². The van der Waals surface area contributed by atoms with Crippen molar-refractivity contribution in [3.05, 3.63) is 42.3 Å². The van der Waals surface area contributed by atoms with Crippen molar-refractivity contribution in [3.8, 4) is 0 Å². The van der Waals surface area contributed by atoms with Crippen LogP contribution in [0.25, 0.3) is 0 Å². The fraction of sp³-hybridized carbons (Fsp3) is 0.125. The largest absolute Gasteiger partial charge is 0.198 e. The van der Waals surface area contributed by atoms with E-state index in [0.29, 0.717) is 0 Å². The van der Waals surface area contributed by atoms with Gasteiger partial charge < -0.3 is 0 Å². The van der Waals surface area contributed by atoms with Crippen molar-refractivity contribution >= 4 is 0 Å². The molecular formula is C8H9Mn-. The molecule has 0 nitrogen and oxygen atoms in total. The molecule has 9 heavy (non-hydrogen) atoms. The summed E-state index contributed by atoms with van der Waals surface area (Å²) < 4.78 is 0. The average Bonchev–Trinajstić information content (AvgIpc) is 1.77. The van der Waals surface area contributed by atoms with Gasteiger partial charge in [-0.05, 0) is 0 Å². The maximum absolute atomic E-state index is 3.82. The minimum atomic E-state index is 0. The zero-order valence-electron chi connectivity index (χ0n) is 5.39. The topological polar surface area (TPSA) is 0 Å². The van der Waals surface area contributed by atoms with Crippen LogP contribution in [-0.4, -0.2) is 0 Å². The second-order valence-electron chi connectivity index (χ2n) is 1.93. The van der Waals surface area contributed by atoms with E-state index < -0.39 is 0 Å². The van der Waals surface area contributed by atoms with Crippen LogP contribution in [0, 0.1) is 13.8 Å². The molecule has 0 fully saturated rings. The first-order valence-corrected chi connectivity index (χ1v) is 2.68. The fourth-order valence-corrected chi connectivity index (χ4v) is 0.610. The molecular weight excluding hydrogens is 151 g/mol. The first kappa shape index (κ1) is 8.61. The monoisotopic (exact) mass is 160 g/mol. The molecule has 49 valence electrons. The summed E-state index contributed by atoms with van der Waals surface area (Å²) in [6.07, 6.45) is 0. The molecule has 0 aromatic heterocycles. The van der Waals surface area contributed by atoms with Crippen molar-refractivity contribution in [2.75, 3.05) is 0 Å². The van der Waals surface area contributed by atoms with Crippen LogP contribution in [-0.2, 0) is 17.1 Å². The number of aryl methyl sites for hydroxylation is 1. The van der Waals surface area contributed by atoms with Gasteiger partial charge in [0.05, 0.1) is 0 Å². The van der Waals surface area contributed by atoms with Gasteiger partial charge in [0, 0.05) is 17.1 Å². The van der Waals surface area contributed by atoms with Gasteiger partial charge in [0.2, 0.25) is 0 Å². The van der Waals surface area contributed by atoms with Crippen LogP contribution in [0.4, 0.5) is 0 Å². The Balaban J connectivity index is 0.000000640. The second kappa shape index (κ2) is 3.60. The third-order valence-corrected chi connectivity index (χ3v) is 1.26. The number of hydrogen-bond acceptors (Lipinski definition) is 0. The zero-order chi connectivity index (χ0) is 5.98. The summed E-state index contributed by atoms with van der Waals surface area (Å²) in [7, 11) is 0. The number of rotatable bonds is 0. The minimum Gasteiger partial charge on any atom is -0.198 e. The van der Waals surface area contributed by atoms with Gasteiger partial charge >= 0.3 is 0 Å². The first-order valence-electron chi connectivity index (χ1n) is 2.68.